The van der Waals surface area contributed by atoms with Crippen molar-refractivity contribution in [3.63, 3.8) is 0 Å². The van der Waals surface area contributed by atoms with Gasteiger partial charge in [-0.05, 0) is 64.0 Å². The molecule has 3 heterocycles. The Balaban J connectivity index is 1.77. The predicted molar refractivity (Wildman–Crippen MR) is 139 cm³/mol. The summed E-state index contributed by atoms with van der Waals surface area (Å²) in [6, 6.07) is 6.16. The van der Waals surface area contributed by atoms with Crippen LogP contribution >= 0.6 is 11.6 Å². The molecule has 1 aromatic carbocycles. The average molecular weight is 500 g/mol. The van der Waals surface area contributed by atoms with Crippen molar-refractivity contribution in [1.82, 2.24) is 19.7 Å². The molecule has 1 aliphatic heterocycles. The smallest absolute Gasteiger partial charge is 0.243 e. The first-order chi connectivity index (χ1) is 15.6. The first-order valence-corrected chi connectivity index (χ1v) is 15.0. The van der Waals surface area contributed by atoms with E-state index in [1.165, 1.54) is 0 Å². The number of anilines is 2. The molecule has 0 saturated carbocycles. The topological polar surface area (TPSA) is 73.1 Å². The maximum absolute atomic E-state index is 13.6. The summed E-state index contributed by atoms with van der Waals surface area (Å²) in [7, 11) is -2.00. The van der Waals surface area contributed by atoms with E-state index < -0.39 is 13.7 Å². The van der Waals surface area contributed by atoms with Crippen molar-refractivity contribution in [1.29, 1.82) is 0 Å². The van der Waals surface area contributed by atoms with E-state index >= 15 is 0 Å². The van der Waals surface area contributed by atoms with E-state index in [1.807, 2.05) is 42.9 Å². The summed E-state index contributed by atoms with van der Waals surface area (Å²) >= 11 is 6.66. The summed E-state index contributed by atoms with van der Waals surface area (Å²) in [5.41, 5.74) is 1.56. The summed E-state index contributed by atoms with van der Waals surface area (Å²) in [4.78, 5) is 24.6. The number of hydrogen-bond donors (Lipinski definition) is 0. The molecule has 0 atom stereocenters. The van der Waals surface area contributed by atoms with Crippen LogP contribution in [0.15, 0.2) is 24.4 Å². The van der Waals surface area contributed by atoms with Gasteiger partial charge in [-0.15, -0.1) is 0 Å². The van der Waals surface area contributed by atoms with Gasteiger partial charge < -0.3 is 4.43 Å². The van der Waals surface area contributed by atoms with Crippen molar-refractivity contribution >= 4 is 48.2 Å². The summed E-state index contributed by atoms with van der Waals surface area (Å²) in [5.74, 6) is 0.925. The van der Waals surface area contributed by atoms with Gasteiger partial charge in [0.05, 0.1) is 29.4 Å². The molecule has 182 valence electrons. The van der Waals surface area contributed by atoms with E-state index in [4.69, 9.17) is 21.0 Å². The second-order valence-electron chi connectivity index (χ2n) is 11.4. The summed E-state index contributed by atoms with van der Waals surface area (Å²) in [5, 5.41) is 5.83. The van der Waals surface area contributed by atoms with E-state index in [0.29, 0.717) is 22.4 Å². The molecular formula is C25H34ClN5O2Si. The maximum atomic E-state index is 13.6. The van der Waals surface area contributed by atoms with Gasteiger partial charge in [0.2, 0.25) is 5.91 Å². The molecule has 1 aliphatic rings. The number of nitrogens with zero attached hydrogens (tertiary/aromatic N) is 5. The van der Waals surface area contributed by atoms with Gasteiger partial charge in [0.15, 0.2) is 14.1 Å². The highest BCUT2D eigenvalue weighted by atomic mass is 35.5. The number of amides is 1. The number of aromatic nitrogens is 4. The van der Waals surface area contributed by atoms with Gasteiger partial charge in [0.25, 0.3) is 0 Å². The van der Waals surface area contributed by atoms with Crippen LogP contribution in [-0.2, 0) is 21.2 Å². The van der Waals surface area contributed by atoms with Gasteiger partial charge in [-0.3, -0.25) is 14.4 Å². The molecule has 0 radical (unpaired) electrons. The number of rotatable bonds is 5. The molecule has 9 heteroatoms. The van der Waals surface area contributed by atoms with Crippen LogP contribution in [-0.4, -0.2) is 34.0 Å². The Morgan fingerprint density at radius 3 is 2.47 bits per heavy atom. The van der Waals surface area contributed by atoms with Gasteiger partial charge in [-0.25, -0.2) is 9.97 Å². The Morgan fingerprint density at radius 1 is 1.18 bits per heavy atom. The maximum Gasteiger partial charge on any atom is 0.243 e. The molecule has 7 nitrogen and oxygen atoms in total. The zero-order valence-electron chi connectivity index (χ0n) is 21.5. The molecule has 0 bridgehead atoms. The van der Waals surface area contributed by atoms with Crippen molar-refractivity contribution in [2.45, 2.75) is 84.7 Å². The number of carbonyl (C=O) groups is 1. The number of halogens is 1. The van der Waals surface area contributed by atoms with Gasteiger partial charge in [0.1, 0.15) is 11.0 Å². The van der Waals surface area contributed by atoms with Crippen LogP contribution in [0.1, 0.15) is 65.9 Å². The first kappa shape index (κ1) is 24.8. The SMILES string of the molecule is CC(C)n1ncc2cc(N3C(=O)C(C)(C)c4c(Cl)nc(CO[Si](C)(C)C(C)(C)C)nc43)ccc21. The fourth-order valence-corrected chi connectivity index (χ4v) is 5.34. The van der Waals surface area contributed by atoms with Gasteiger partial charge in [0, 0.05) is 17.0 Å². The number of carbonyl (C=O) groups excluding carboxylic acids is 1. The lowest BCUT2D eigenvalue weighted by Crippen LogP contribution is -2.40. The second kappa shape index (κ2) is 8.14. The quantitative estimate of drug-likeness (QED) is 0.294. The van der Waals surface area contributed by atoms with Crippen LogP contribution in [0.2, 0.25) is 23.3 Å². The van der Waals surface area contributed by atoms with Crippen LogP contribution in [0.4, 0.5) is 11.5 Å². The molecule has 2 aromatic heterocycles. The summed E-state index contributed by atoms with van der Waals surface area (Å²) < 4.78 is 8.31. The Kier molecular flexibility index (Phi) is 5.94. The normalized spacial score (nSPS) is 16.1. The third kappa shape index (κ3) is 3.95. The highest BCUT2D eigenvalue weighted by molar-refractivity contribution is 6.74. The third-order valence-electron chi connectivity index (χ3n) is 7.16. The van der Waals surface area contributed by atoms with E-state index in [9.17, 15) is 4.79 Å². The van der Waals surface area contributed by atoms with E-state index in [-0.39, 0.29) is 23.6 Å². The molecule has 1 amide bonds. The Bertz CT molecular complexity index is 1280. The highest BCUT2D eigenvalue weighted by Crippen LogP contribution is 2.47. The lowest BCUT2D eigenvalue weighted by molar-refractivity contribution is -0.121. The molecule has 34 heavy (non-hydrogen) atoms. The standard InChI is InChI=1S/C25H34ClN5O2Si/c1-15(2)31-18-11-10-17(12-16(18)13-27-31)30-22-20(25(6,7)23(30)32)21(26)28-19(29-22)14-33-34(8,9)24(3,4)5/h10-13,15H,14H2,1-9H3. The number of hydrogen-bond acceptors (Lipinski definition) is 5. The minimum absolute atomic E-state index is 0.0629. The zero-order valence-corrected chi connectivity index (χ0v) is 23.3. The van der Waals surface area contributed by atoms with E-state index in [1.54, 1.807) is 4.90 Å². The monoisotopic (exact) mass is 499 g/mol. The minimum Gasteiger partial charge on any atom is -0.409 e. The molecule has 4 rings (SSSR count). The van der Waals surface area contributed by atoms with Crippen molar-refractivity contribution in [3.8, 4) is 0 Å². The molecular weight excluding hydrogens is 466 g/mol. The Morgan fingerprint density at radius 2 is 1.85 bits per heavy atom. The second-order valence-corrected chi connectivity index (χ2v) is 16.5. The van der Waals surface area contributed by atoms with Crippen molar-refractivity contribution in [2.24, 2.45) is 0 Å². The molecule has 0 aliphatic carbocycles. The average Bonchev–Trinajstić information content (AvgIpc) is 3.22. The van der Waals surface area contributed by atoms with Crippen LogP contribution in [0.3, 0.4) is 0 Å². The lowest BCUT2D eigenvalue weighted by Gasteiger charge is -2.35. The van der Waals surface area contributed by atoms with Crippen LogP contribution in [0, 0.1) is 0 Å². The molecule has 0 fully saturated rings. The molecule has 0 saturated heterocycles. The minimum atomic E-state index is -2.00. The van der Waals surface area contributed by atoms with E-state index in [2.05, 4.69) is 57.8 Å². The fourth-order valence-electron chi connectivity index (χ4n) is 4.00. The molecule has 0 spiro atoms. The Labute approximate surface area is 207 Å². The zero-order chi connectivity index (χ0) is 25.2. The van der Waals surface area contributed by atoms with Crippen molar-refractivity contribution in [2.75, 3.05) is 4.90 Å². The molecule has 3 aromatic rings. The summed E-state index contributed by atoms with van der Waals surface area (Å²) in [6.45, 7) is 19.1. The van der Waals surface area contributed by atoms with Crippen molar-refractivity contribution in [3.05, 3.63) is 40.9 Å². The van der Waals surface area contributed by atoms with Crippen molar-refractivity contribution < 1.29 is 9.22 Å². The van der Waals surface area contributed by atoms with Crippen LogP contribution in [0.25, 0.3) is 10.9 Å². The van der Waals surface area contributed by atoms with Gasteiger partial charge in [-0.1, -0.05) is 32.4 Å². The third-order valence-corrected chi connectivity index (χ3v) is 11.9. The van der Waals surface area contributed by atoms with Gasteiger partial charge >= 0.3 is 0 Å². The molecule has 0 N–H and O–H groups in total. The summed E-state index contributed by atoms with van der Waals surface area (Å²) in [6.07, 6.45) is 1.83. The largest absolute Gasteiger partial charge is 0.409 e. The fraction of sp³-hybridized carbons (Fsp3) is 0.520. The van der Waals surface area contributed by atoms with Crippen LogP contribution < -0.4 is 4.90 Å². The number of fused-ring (bicyclic) bond motifs is 2. The first-order valence-electron chi connectivity index (χ1n) is 11.7. The predicted octanol–water partition coefficient (Wildman–Crippen LogP) is 6.54. The Hall–Kier alpha value is -2.29. The highest BCUT2D eigenvalue weighted by Gasteiger charge is 2.48. The van der Waals surface area contributed by atoms with Crippen LogP contribution in [0.5, 0.6) is 0 Å². The number of benzene rings is 1. The lowest BCUT2D eigenvalue weighted by atomic mass is 9.88. The molecule has 0 unspecified atom stereocenters. The van der Waals surface area contributed by atoms with Gasteiger partial charge in [-0.2, -0.15) is 5.10 Å². The van der Waals surface area contributed by atoms with E-state index in [0.717, 1.165) is 16.6 Å².